The zero-order valence-corrected chi connectivity index (χ0v) is 15.2. The van der Waals surface area contributed by atoms with Crippen molar-refractivity contribution in [3.05, 3.63) is 77.0 Å². The van der Waals surface area contributed by atoms with Crippen LogP contribution in [-0.2, 0) is 0 Å². The Kier molecular flexibility index (Phi) is 4.60. The van der Waals surface area contributed by atoms with Gasteiger partial charge in [0.1, 0.15) is 5.82 Å². The predicted octanol–water partition coefficient (Wildman–Crippen LogP) is 4.59. The molecule has 0 atom stereocenters. The molecule has 2 aromatic heterocycles. The summed E-state index contributed by atoms with van der Waals surface area (Å²) in [6.45, 7) is 0. The second kappa shape index (κ2) is 7.20. The van der Waals surface area contributed by atoms with Crippen LogP contribution in [0.25, 0.3) is 22.2 Å². The summed E-state index contributed by atoms with van der Waals surface area (Å²) in [6.07, 6.45) is 3.65. The van der Waals surface area contributed by atoms with Gasteiger partial charge in [-0.05, 0) is 59.8 Å². The van der Waals surface area contributed by atoms with E-state index in [1.54, 1.807) is 36.2 Å². The lowest BCUT2D eigenvalue weighted by Crippen LogP contribution is -2.13. The number of nitrogens with zero attached hydrogens (tertiary/aromatic N) is 2. The van der Waals surface area contributed by atoms with E-state index in [1.807, 2.05) is 30.5 Å². The standard InChI is InChI=1S/C20H15FN4OS/c1-27-15-8-2-12(3-9-15)16-10-11-22-18-17(16)19(26)25-20(24-18)23-14-6-4-13(21)5-7-14/h2-11H,1H3,(H2,22,23,24,25,26). The van der Waals surface area contributed by atoms with Crippen LogP contribution in [0.3, 0.4) is 0 Å². The normalized spacial score (nSPS) is 10.9. The molecule has 0 saturated heterocycles. The summed E-state index contributed by atoms with van der Waals surface area (Å²) in [4.78, 5) is 25.2. The number of thioether (sulfide) groups is 1. The molecule has 0 amide bonds. The fourth-order valence-electron chi connectivity index (χ4n) is 2.80. The first kappa shape index (κ1) is 17.2. The van der Waals surface area contributed by atoms with Gasteiger partial charge in [0.05, 0.1) is 5.39 Å². The van der Waals surface area contributed by atoms with Crippen LogP contribution in [0, 0.1) is 5.82 Å². The number of aromatic nitrogens is 3. The predicted molar refractivity (Wildman–Crippen MR) is 107 cm³/mol. The van der Waals surface area contributed by atoms with Gasteiger partial charge in [-0.1, -0.05) is 12.1 Å². The maximum atomic E-state index is 13.0. The van der Waals surface area contributed by atoms with Crippen molar-refractivity contribution in [3.8, 4) is 11.1 Å². The highest BCUT2D eigenvalue weighted by molar-refractivity contribution is 7.98. The SMILES string of the molecule is CSc1ccc(-c2ccnc3nc(Nc4ccc(F)cc4)[nH]c(=O)c23)cc1. The zero-order valence-electron chi connectivity index (χ0n) is 14.4. The summed E-state index contributed by atoms with van der Waals surface area (Å²) in [5.74, 6) is -0.0826. The number of aromatic amines is 1. The highest BCUT2D eigenvalue weighted by atomic mass is 32.2. The molecule has 7 heteroatoms. The van der Waals surface area contributed by atoms with Crippen LogP contribution in [0.15, 0.2) is 70.5 Å². The third kappa shape index (κ3) is 3.54. The molecule has 0 saturated carbocycles. The third-order valence-corrected chi connectivity index (χ3v) is 4.86. The highest BCUT2D eigenvalue weighted by Crippen LogP contribution is 2.27. The van der Waals surface area contributed by atoms with Crippen LogP contribution in [0.5, 0.6) is 0 Å². The molecule has 0 aliphatic rings. The van der Waals surface area contributed by atoms with E-state index < -0.39 is 0 Å². The minimum Gasteiger partial charge on any atom is -0.326 e. The van der Waals surface area contributed by atoms with E-state index in [0.717, 1.165) is 16.0 Å². The Morgan fingerprint density at radius 1 is 1.04 bits per heavy atom. The van der Waals surface area contributed by atoms with E-state index in [0.29, 0.717) is 16.7 Å². The van der Waals surface area contributed by atoms with Gasteiger partial charge >= 0.3 is 0 Å². The Hall–Kier alpha value is -3.19. The van der Waals surface area contributed by atoms with Crippen LogP contribution >= 0.6 is 11.8 Å². The first-order valence-corrected chi connectivity index (χ1v) is 9.42. The number of hydrogen-bond acceptors (Lipinski definition) is 5. The van der Waals surface area contributed by atoms with E-state index in [2.05, 4.69) is 20.3 Å². The molecule has 2 N–H and O–H groups in total. The molecule has 134 valence electrons. The molecule has 0 spiro atoms. The van der Waals surface area contributed by atoms with Gasteiger partial charge in [0.25, 0.3) is 5.56 Å². The maximum Gasteiger partial charge on any atom is 0.262 e. The van der Waals surface area contributed by atoms with Gasteiger partial charge in [-0.25, -0.2) is 9.37 Å². The second-order valence-electron chi connectivity index (χ2n) is 5.83. The van der Waals surface area contributed by atoms with Gasteiger partial charge in [0, 0.05) is 16.8 Å². The van der Waals surface area contributed by atoms with Crippen LogP contribution in [-0.4, -0.2) is 21.2 Å². The number of H-pyrrole nitrogens is 1. The number of nitrogens with one attached hydrogen (secondary N) is 2. The summed E-state index contributed by atoms with van der Waals surface area (Å²) < 4.78 is 13.0. The second-order valence-corrected chi connectivity index (χ2v) is 6.71. The molecular weight excluding hydrogens is 363 g/mol. The molecule has 4 rings (SSSR count). The average molecular weight is 378 g/mol. The summed E-state index contributed by atoms with van der Waals surface area (Å²) in [5, 5.41) is 3.39. The van der Waals surface area contributed by atoms with Gasteiger partial charge in [-0.3, -0.25) is 9.78 Å². The molecule has 0 bridgehead atoms. The number of hydrogen-bond donors (Lipinski definition) is 2. The van der Waals surface area contributed by atoms with E-state index in [-0.39, 0.29) is 17.3 Å². The quantitative estimate of drug-likeness (QED) is 0.508. The third-order valence-electron chi connectivity index (χ3n) is 4.12. The Morgan fingerprint density at radius 3 is 2.48 bits per heavy atom. The monoisotopic (exact) mass is 378 g/mol. The number of pyridine rings is 1. The molecule has 0 fully saturated rings. The van der Waals surface area contributed by atoms with Crippen LogP contribution in [0.1, 0.15) is 0 Å². The Bertz CT molecular complexity index is 1160. The largest absolute Gasteiger partial charge is 0.326 e. The number of fused-ring (bicyclic) bond motifs is 1. The van der Waals surface area contributed by atoms with Crippen molar-refractivity contribution in [1.82, 2.24) is 15.0 Å². The van der Waals surface area contributed by atoms with Gasteiger partial charge in [0.15, 0.2) is 5.65 Å². The molecule has 27 heavy (non-hydrogen) atoms. The van der Waals surface area contributed by atoms with Gasteiger partial charge in [-0.15, -0.1) is 11.8 Å². The Morgan fingerprint density at radius 2 is 1.78 bits per heavy atom. The maximum absolute atomic E-state index is 13.0. The van der Waals surface area contributed by atoms with Crippen molar-refractivity contribution in [2.75, 3.05) is 11.6 Å². The summed E-state index contributed by atoms with van der Waals surface area (Å²) >= 11 is 1.66. The molecular formula is C20H15FN4OS. The minimum absolute atomic E-state index is 0.251. The lowest BCUT2D eigenvalue weighted by atomic mass is 10.0. The molecule has 4 aromatic rings. The topological polar surface area (TPSA) is 70.7 Å². The van der Waals surface area contributed by atoms with Crippen LogP contribution in [0.4, 0.5) is 16.0 Å². The minimum atomic E-state index is -0.334. The molecule has 2 heterocycles. The van der Waals surface area contributed by atoms with E-state index in [4.69, 9.17) is 0 Å². The van der Waals surface area contributed by atoms with Crippen molar-refractivity contribution >= 4 is 34.4 Å². The fraction of sp³-hybridized carbons (Fsp3) is 0.0500. The van der Waals surface area contributed by atoms with Crippen LogP contribution < -0.4 is 10.9 Å². The molecule has 0 aliphatic carbocycles. The zero-order chi connectivity index (χ0) is 18.8. The van der Waals surface area contributed by atoms with Crippen LogP contribution in [0.2, 0.25) is 0 Å². The number of halogens is 1. The number of anilines is 2. The summed E-state index contributed by atoms with van der Waals surface area (Å²) in [7, 11) is 0. The van der Waals surface area contributed by atoms with Crippen molar-refractivity contribution in [1.29, 1.82) is 0 Å². The lowest BCUT2D eigenvalue weighted by molar-refractivity contribution is 0.628. The first-order valence-electron chi connectivity index (χ1n) is 8.20. The Labute approximate surface area is 158 Å². The van der Waals surface area contributed by atoms with E-state index in [9.17, 15) is 9.18 Å². The van der Waals surface area contributed by atoms with Gasteiger partial charge in [0.2, 0.25) is 5.95 Å². The molecule has 0 aliphatic heterocycles. The molecule has 5 nitrogen and oxygen atoms in total. The molecule has 0 unspecified atom stereocenters. The van der Waals surface area contributed by atoms with Gasteiger partial charge in [-0.2, -0.15) is 4.98 Å². The average Bonchev–Trinajstić information content (AvgIpc) is 2.69. The summed E-state index contributed by atoms with van der Waals surface area (Å²) in [6, 6.07) is 15.6. The summed E-state index contributed by atoms with van der Waals surface area (Å²) in [5.41, 5.74) is 2.36. The van der Waals surface area contributed by atoms with Crippen molar-refractivity contribution in [2.45, 2.75) is 4.90 Å². The number of benzene rings is 2. The van der Waals surface area contributed by atoms with E-state index in [1.165, 1.54) is 12.1 Å². The molecule has 0 radical (unpaired) electrons. The number of rotatable bonds is 4. The smallest absolute Gasteiger partial charge is 0.262 e. The van der Waals surface area contributed by atoms with E-state index >= 15 is 0 Å². The first-order chi connectivity index (χ1) is 13.1. The Balaban J connectivity index is 1.77. The lowest BCUT2D eigenvalue weighted by Gasteiger charge is -2.09. The van der Waals surface area contributed by atoms with Crippen molar-refractivity contribution in [2.24, 2.45) is 0 Å². The van der Waals surface area contributed by atoms with Crippen molar-refractivity contribution in [3.63, 3.8) is 0 Å². The highest BCUT2D eigenvalue weighted by Gasteiger charge is 2.11. The van der Waals surface area contributed by atoms with Crippen molar-refractivity contribution < 1.29 is 4.39 Å². The molecule has 2 aromatic carbocycles. The van der Waals surface area contributed by atoms with Gasteiger partial charge < -0.3 is 5.32 Å². The fourth-order valence-corrected chi connectivity index (χ4v) is 3.21.